The molecule has 2 heterocycles. The molecule has 104 valence electrons. The Morgan fingerprint density at radius 2 is 1.71 bits per heavy atom. The van der Waals surface area contributed by atoms with Gasteiger partial charge in [0.1, 0.15) is 5.69 Å². The number of carbonyl (C=O) groups is 1. The molecule has 21 heavy (non-hydrogen) atoms. The van der Waals surface area contributed by atoms with Gasteiger partial charge in [-0.1, -0.05) is 30.3 Å². The summed E-state index contributed by atoms with van der Waals surface area (Å²) in [6.07, 6.45) is 0. The number of nitrogens with two attached hydrogens (primary N) is 2. The van der Waals surface area contributed by atoms with Gasteiger partial charge in [0.2, 0.25) is 11.7 Å². The lowest BCUT2D eigenvalue weighted by Gasteiger charge is -2.07. The van der Waals surface area contributed by atoms with Crippen LogP contribution in [0, 0.1) is 6.92 Å². The molecule has 0 radical (unpaired) electrons. The predicted molar refractivity (Wildman–Crippen MR) is 78.6 cm³/mol. The third-order valence-electron chi connectivity index (χ3n) is 3.00. The Balaban J connectivity index is 2.20. The molecule has 3 aromatic rings. The quantitative estimate of drug-likeness (QED) is 0.675. The van der Waals surface area contributed by atoms with Gasteiger partial charge in [-0.05, 0) is 6.92 Å². The van der Waals surface area contributed by atoms with Crippen molar-refractivity contribution in [2.45, 2.75) is 6.92 Å². The minimum Gasteiger partial charge on any atom is -0.382 e. The van der Waals surface area contributed by atoms with Gasteiger partial charge in [0, 0.05) is 5.56 Å². The summed E-state index contributed by atoms with van der Waals surface area (Å²) in [5.74, 6) is -0.0957. The smallest absolute Gasteiger partial charge is 0.224 e. The van der Waals surface area contributed by atoms with E-state index in [-0.39, 0.29) is 34.4 Å². The van der Waals surface area contributed by atoms with Gasteiger partial charge in [-0.2, -0.15) is 9.97 Å². The zero-order valence-corrected chi connectivity index (χ0v) is 11.2. The summed E-state index contributed by atoms with van der Waals surface area (Å²) >= 11 is 0. The van der Waals surface area contributed by atoms with Crippen molar-refractivity contribution in [1.82, 2.24) is 19.9 Å². The van der Waals surface area contributed by atoms with Crippen molar-refractivity contribution >= 4 is 28.7 Å². The van der Waals surface area contributed by atoms with Crippen molar-refractivity contribution in [1.29, 1.82) is 0 Å². The van der Waals surface area contributed by atoms with Crippen LogP contribution in [0.2, 0.25) is 0 Å². The van der Waals surface area contributed by atoms with E-state index in [1.165, 1.54) is 0 Å². The first-order valence-electron chi connectivity index (χ1n) is 6.23. The maximum absolute atomic E-state index is 12.5. The van der Waals surface area contributed by atoms with Crippen LogP contribution in [0.3, 0.4) is 0 Å². The average molecular weight is 280 g/mol. The minimum absolute atomic E-state index is 0.0239. The summed E-state index contributed by atoms with van der Waals surface area (Å²) in [4.78, 5) is 28.8. The first-order valence-corrected chi connectivity index (χ1v) is 6.23. The maximum Gasteiger partial charge on any atom is 0.224 e. The molecule has 0 aliphatic heterocycles. The number of hydrogen-bond donors (Lipinski definition) is 2. The van der Waals surface area contributed by atoms with E-state index in [9.17, 15) is 4.79 Å². The molecule has 7 heteroatoms. The lowest BCUT2D eigenvalue weighted by Crippen LogP contribution is -2.11. The number of ketones is 1. The molecule has 0 aliphatic carbocycles. The second kappa shape index (κ2) is 4.78. The Kier molecular flexibility index (Phi) is 2.94. The molecule has 1 aromatic carbocycles. The Bertz CT molecular complexity index is 847. The number of carbonyl (C=O) groups excluding carboxylic acids is 1. The highest BCUT2D eigenvalue weighted by Gasteiger charge is 2.17. The highest BCUT2D eigenvalue weighted by molar-refractivity contribution is 6.09. The number of aryl methyl sites for hydroxylation is 1. The fourth-order valence-electron chi connectivity index (χ4n) is 2.01. The van der Waals surface area contributed by atoms with Crippen LogP contribution in [-0.4, -0.2) is 25.7 Å². The van der Waals surface area contributed by atoms with Crippen molar-refractivity contribution in [3.05, 3.63) is 47.3 Å². The summed E-state index contributed by atoms with van der Waals surface area (Å²) in [6.45, 7) is 1.69. The molecular weight excluding hydrogens is 268 g/mol. The summed E-state index contributed by atoms with van der Waals surface area (Å²) < 4.78 is 0. The number of nitrogens with zero attached hydrogens (tertiary/aromatic N) is 4. The van der Waals surface area contributed by atoms with E-state index in [0.717, 1.165) is 0 Å². The molecule has 3 rings (SSSR count). The van der Waals surface area contributed by atoms with Crippen LogP contribution in [0.5, 0.6) is 0 Å². The number of fused-ring (bicyclic) bond motifs is 1. The SMILES string of the molecule is Cc1nc2nc(N)nc(N)c2nc1C(=O)c1ccccc1. The first kappa shape index (κ1) is 12.9. The van der Waals surface area contributed by atoms with Crippen molar-refractivity contribution in [3.8, 4) is 0 Å². The minimum atomic E-state index is -0.223. The molecule has 4 N–H and O–H groups in total. The summed E-state index contributed by atoms with van der Waals surface area (Å²) in [7, 11) is 0. The van der Waals surface area contributed by atoms with E-state index in [1.807, 2.05) is 6.07 Å². The molecule has 0 saturated heterocycles. The van der Waals surface area contributed by atoms with Crippen molar-refractivity contribution < 1.29 is 4.79 Å². The van der Waals surface area contributed by atoms with E-state index in [0.29, 0.717) is 11.3 Å². The number of benzene rings is 1. The molecule has 0 unspecified atom stereocenters. The lowest BCUT2D eigenvalue weighted by atomic mass is 10.1. The van der Waals surface area contributed by atoms with E-state index in [2.05, 4.69) is 19.9 Å². The van der Waals surface area contributed by atoms with Gasteiger partial charge >= 0.3 is 0 Å². The molecule has 0 atom stereocenters. The Morgan fingerprint density at radius 1 is 1.00 bits per heavy atom. The molecule has 7 nitrogen and oxygen atoms in total. The first-order chi connectivity index (χ1) is 10.1. The Hall–Kier alpha value is -3.09. The van der Waals surface area contributed by atoms with Crippen molar-refractivity contribution in [2.24, 2.45) is 0 Å². The summed E-state index contributed by atoms with van der Waals surface area (Å²) in [5, 5.41) is 0. The van der Waals surface area contributed by atoms with Crippen LogP contribution in [0.15, 0.2) is 30.3 Å². The second-order valence-corrected chi connectivity index (χ2v) is 4.49. The van der Waals surface area contributed by atoms with Crippen molar-refractivity contribution in [3.63, 3.8) is 0 Å². The third kappa shape index (κ3) is 2.25. The normalized spacial score (nSPS) is 10.7. The largest absolute Gasteiger partial charge is 0.382 e. The number of rotatable bonds is 2. The number of aromatic nitrogens is 4. The van der Waals surface area contributed by atoms with Gasteiger partial charge in [-0.25, -0.2) is 9.97 Å². The van der Waals surface area contributed by atoms with Crippen LogP contribution in [-0.2, 0) is 0 Å². The predicted octanol–water partition coefficient (Wildman–Crippen LogP) is 1.12. The average Bonchev–Trinajstić information content (AvgIpc) is 2.46. The van der Waals surface area contributed by atoms with Gasteiger partial charge in [-0.15, -0.1) is 0 Å². The zero-order chi connectivity index (χ0) is 15.0. The topological polar surface area (TPSA) is 121 Å². The van der Waals surface area contributed by atoms with E-state index < -0.39 is 0 Å². The van der Waals surface area contributed by atoms with Crippen LogP contribution >= 0.6 is 0 Å². The molecule has 0 bridgehead atoms. The standard InChI is InChI=1S/C14H12N6O/c1-7-9(11(21)8-5-3-2-4-6-8)18-10-12(15)19-14(16)20-13(10)17-7/h2-6H,1H3,(H4,15,16,17,19,20). The number of anilines is 2. The summed E-state index contributed by atoms with van der Waals surface area (Å²) in [5.41, 5.74) is 13.1. The number of nitrogen functional groups attached to an aromatic ring is 2. The van der Waals surface area contributed by atoms with E-state index in [4.69, 9.17) is 11.5 Å². The van der Waals surface area contributed by atoms with Gasteiger partial charge in [0.05, 0.1) is 5.69 Å². The van der Waals surface area contributed by atoms with Gasteiger partial charge in [0.15, 0.2) is 17.0 Å². The van der Waals surface area contributed by atoms with Crippen LogP contribution in [0.25, 0.3) is 11.2 Å². The summed E-state index contributed by atoms with van der Waals surface area (Å²) in [6, 6.07) is 8.85. The second-order valence-electron chi connectivity index (χ2n) is 4.49. The molecule has 0 spiro atoms. The Morgan fingerprint density at radius 3 is 2.43 bits per heavy atom. The van der Waals surface area contributed by atoms with Crippen molar-refractivity contribution in [2.75, 3.05) is 11.5 Å². The van der Waals surface area contributed by atoms with Crippen LogP contribution < -0.4 is 11.5 Å². The highest BCUT2D eigenvalue weighted by atomic mass is 16.1. The molecule has 0 aliphatic rings. The molecule has 2 aromatic heterocycles. The van der Waals surface area contributed by atoms with Gasteiger partial charge in [-0.3, -0.25) is 4.79 Å². The monoisotopic (exact) mass is 280 g/mol. The highest BCUT2D eigenvalue weighted by Crippen LogP contribution is 2.18. The lowest BCUT2D eigenvalue weighted by molar-refractivity contribution is 0.103. The Labute approximate surface area is 120 Å². The van der Waals surface area contributed by atoms with Gasteiger partial charge in [0.25, 0.3) is 0 Å². The number of hydrogen-bond acceptors (Lipinski definition) is 7. The van der Waals surface area contributed by atoms with Crippen LogP contribution in [0.1, 0.15) is 21.7 Å². The fraction of sp³-hybridized carbons (Fsp3) is 0.0714. The molecule has 0 amide bonds. The fourth-order valence-corrected chi connectivity index (χ4v) is 2.01. The zero-order valence-electron chi connectivity index (χ0n) is 11.2. The van der Waals surface area contributed by atoms with Crippen LogP contribution in [0.4, 0.5) is 11.8 Å². The van der Waals surface area contributed by atoms with E-state index >= 15 is 0 Å². The molecule has 0 fully saturated rings. The third-order valence-corrected chi connectivity index (χ3v) is 3.00. The van der Waals surface area contributed by atoms with Gasteiger partial charge < -0.3 is 11.5 Å². The van der Waals surface area contributed by atoms with E-state index in [1.54, 1.807) is 31.2 Å². The maximum atomic E-state index is 12.5. The molecular formula is C14H12N6O. The molecule has 0 saturated carbocycles.